The minimum atomic E-state index is 0. The molecule has 0 aliphatic heterocycles. The number of phenols is 1. The summed E-state index contributed by atoms with van der Waals surface area (Å²) in [4.78, 5) is 8.21. The van der Waals surface area contributed by atoms with Crippen LogP contribution >= 0.6 is 0 Å². The second-order valence-corrected chi connectivity index (χ2v) is 4.55. The van der Waals surface area contributed by atoms with Crippen molar-refractivity contribution in [1.29, 1.82) is 0 Å². The molecule has 0 aliphatic rings. The fourth-order valence-corrected chi connectivity index (χ4v) is 2.10. The van der Waals surface area contributed by atoms with Crippen LogP contribution in [0.4, 0.5) is 0 Å². The summed E-state index contributed by atoms with van der Waals surface area (Å²) in [5.74, 6) is 0.239. The Morgan fingerprint density at radius 1 is 0.636 bits per heavy atom. The third kappa shape index (κ3) is 3.61. The first-order valence-electron chi connectivity index (χ1n) is 6.67. The fourth-order valence-electron chi connectivity index (χ4n) is 2.10. The summed E-state index contributed by atoms with van der Waals surface area (Å²) in [6.45, 7) is 0. The molecule has 110 valence electrons. The van der Waals surface area contributed by atoms with Crippen LogP contribution in [0.1, 0.15) is 0 Å². The number of benzene rings is 2. The molecule has 0 saturated heterocycles. The number of hydrogen-bond donors (Lipinski definition) is 1. The summed E-state index contributed by atoms with van der Waals surface area (Å²) < 4.78 is 0. The van der Waals surface area contributed by atoms with Crippen LogP contribution in [-0.4, -0.2) is 15.1 Å². The number of fused-ring (bicyclic) bond motifs is 2. The Balaban J connectivity index is 0.000000154. The quantitative estimate of drug-likeness (QED) is 0.492. The maximum atomic E-state index is 9.31. The minimum absolute atomic E-state index is 0. The Morgan fingerprint density at radius 3 is 2.05 bits per heavy atom. The van der Waals surface area contributed by atoms with Gasteiger partial charge in [0.15, 0.2) is 0 Å². The molecule has 2 aromatic heterocycles. The minimum Gasteiger partial charge on any atom is -0.506 e. The second kappa shape index (κ2) is 7.55. The Morgan fingerprint density at radius 2 is 1.27 bits per heavy atom. The third-order valence-electron chi connectivity index (χ3n) is 3.12. The summed E-state index contributed by atoms with van der Waals surface area (Å²) >= 11 is 0. The van der Waals surface area contributed by atoms with Gasteiger partial charge in [0.05, 0.1) is 5.52 Å². The zero-order valence-electron chi connectivity index (χ0n) is 11.7. The fraction of sp³-hybridized carbons (Fsp3) is 0. The van der Waals surface area contributed by atoms with E-state index in [4.69, 9.17) is 0 Å². The molecule has 4 rings (SSSR count). The summed E-state index contributed by atoms with van der Waals surface area (Å²) in [5.41, 5.74) is 1.72. The Kier molecular flexibility index (Phi) is 5.48. The van der Waals surface area contributed by atoms with Crippen molar-refractivity contribution in [3.8, 4) is 5.75 Å². The van der Waals surface area contributed by atoms with E-state index in [1.807, 2.05) is 48.7 Å². The molecule has 0 fully saturated rings. The van der Waals surface area contributed by atoms with Gasteiger partial charge in [-0.2, -0.15) is 0 Å². The number of pyridine rings is 2. The summed E-state index contributed by atoms with van der Waals surface area (Å²) in [6.07, 6.45) is 3.48. The monoisotopic (exact) mass is 330 g/mol. The van der Waals surface area contributed by atoms with Crippen molar-refractivity contribution >= 4 is 21.8 Å². The molecule has 0 saturated carbocycles. The topological polar surface area (TPSA) is 46.0 Å². The van der Waals surface area contributed by atoms with Crippen molar-refractivity contribution in [1.82, 2.24) is 9.97 Å². The molecule has 0 amide bonds. The molecule has 0 bridgehead atoms. The summed E-state index contributed by atoms with van der Waals surface area (Å²) in [5, 5.41) is 11.5. The zero-order valence-corrected chi connectivity index (χ0v) is 12.8. The molecular weight excluding hydrogens is 316 g/mol. The van der Waals surface area contributed by atoms with Crippen LogP contribution in [0.15, 0.2) is 79.1 Å². The SMILES string of the molecule is Oc1cccc2cccnc12.[Fe].c1ccc2ncccc2c1. The van der Waals surface area contributed by atoms with Gasteiger partial charge in [-0.1, -0.05) is 42.5 Å². The van der Waals surface area contributed by atoms with E-state index in [-0.39, 0.29) is 22.8 Å². The predicted molar refractivity (Wildman–Crippen MR) is 85.2 cm³/mol. The zero-order chi connectivity index (χ0) is 14.5. The number of hydrogen-bond acceptors (Lipinski definition) is 3. The Hall–Kier alpha value is -2.42. The number of nitrogens with zero attached hydrogens (tertiary/aromatic N) is 2. The largest absolute Gasteiger partial charge is 0.506 e. The van der Waals surface area contributed by atoms with Gasteiger partial charge in [0.1, 0.15) is 11.3 Å². The van der Waals surface area contributed by atoms with Crippen LogP contribution < -0.4 is 0 Å². The van der Waals surface area contributed by atoms with E-state index in [1.165, 1.54) is 5.39 Å². The van der Waals surface area contributed by atoms with Crippen LogP contribution in [0.3, 0.4) is 0 Å². The maximum absolute atomic E-state index is 9.31. The Bertz CT molecular complexity index is 810. The average Bonchev–Trinajstić information content (AvgIpc) is 2.56. The van der Waals surface area contributed by atoms with Gasteiger partial charge in [-0.25, -0.2) is 0 Å². The molecule has 2 aromatic carbocycles. The van der Waals surface area contributed by atoms with Crippen LogP contribution in [0, 0.1) is 0 Å². The first-order valence-corrected chi connectivity index (χ1v) is 6.67. The van der Waals surface area contributed by atoms with Crippen molar-refractivity contribution in [3.63, 3.8) is 0 Å². The number of aromatic hydroxyl groups is 1. The molecule has 2 heterocycles. The van der Waals surface area contributed by atoms with Gasteiger partial charge < -0.3 is 5.11 Å². The van der Waals surface area contributed by atoms with Crippen molar-refractivity contribution in [2.45, 2.75) is 0 Å². The van der Waals surface area contributed by atoms with Gasteiger partial charge in [0, 0.05) is 40.2 Å². The van der Waals surface area contributed by atoms with E-state index in [0.717, 1.165) is 10.9 Å². The molecule has 0 unspecified atom stereocenters. The van der Waals surface area contributed by atoms with Crippen LogP contribution in [-0.2, 0) is 17.1 Å². The van der Waals surface area contributed by atoms with E-state index in [1.54, 1.807) is 18.3 Å². The van der Waals surface area contributed by atoms with E-state index in [9.17, 15) is 5.11 Å². The number of rotatable bonds is 0. The van der Waals surface area contributed by atoms with Gasteiger partial charge in [-0.3, -0.25) is 9.97 Å². The average molecular weight is 330 g/mol. The van der Waals surface area contributed by atoms with Crippen LogP contribution in [0.2, 0.25) is 0 Å². The number of para-hydroxylation sites is 2. The molecule has 0 aliphatic carbocycles. The van der Waals surface area contributed by atoms with Gasteiger partial charge in [-0.15, -0.1) is 0 Å². The molecule has 22 heavy (non-hydrogen) atoms. The van der Waals surface area contributed by atoms with Gasteiger partial charge >= 0.3 is 0 Å². The second-order valence-electron chi connectivity index (χ2n) is 4.55. The van der Waals surface area contributed by atoms with E-state index in [0.29, 0.717) is 5.52 Å². The van der Waals surface area contributed by atoms with Gasteiger partial charge in [-0.05, 0) is 24.3 Å². The van der Waals surface area contributed by atoms with E-state index < -0.39 is 0 Å². The van der Waals surface area contributed by atoms with Crippen LogP contribution in [0.25, 0.3) is 21.8 Å². The van der Waals surface area contributed by atoms with Gasteiger partial charge in [0.25, 0.3) is 0 Å². The van der Waals surface area contributed by atoms with Crippen molar-refractivity contribution in [2.24, 2.45) is 0 Å². The number of aromatic nitrogens is 2. The van der Waals surface area contributed by atoms with Crippen molar-refractivity contribution < 1.29 is 22.2 Å². The Labute approximate surface area is 139 Å². The molecule has 0 atom stereocenters. The van der Waals surface area contributed by atoms with Crippen LogP contribution in [0.5, 0.6) is 5.75 Å². The summed E-state index contributed by atoms with van der Waals surface area (Å²) in [6, 6.07) is 21.2. The van der Waals surface area contributed by atoms with Crippen molar-refractivity contribution in [3.05, 3.63) is 79.1 Å². The molecule has 3 nitrogen and oxygen atoms in total. The van der Waals surface area contributed by atoms with Gasteiger partial charge in [0.2, 0.25) is 0 Å². The normalized spacial score (nSPS) is 9.64. The predicted octanol–water partition coefficient (Wildman–Crippen LogP) is 4.17. The molecule has 0 spiro atoms. The third-order valence-corrected chi connectivity index (χ3v) is 3.12. The van der Waals surface area contributed by atoms with E-state index in [2.05, 4.69) is 22.1 Å². The number of phenolic OH excluding ortho intramolecular Hbond substituents is 1. The molecule has 1 N–H and O–H groups in total. The summed E-state index contributed by atoms with van der Waals surface area (Å²) in [7, 11) is 0. The van der Waals surface area contributed by atoms with Crippen molar-refractivity contribution in [2.75, 3.05) is 0 Å². The van der Waals surface area contributed by atoms with E-state index >= 15 is 0 Å². The molecule has 4 heteroatoms. The molecule has 0 radical (unpaired) electrons. The smallest absolute Gasteiger partial charge is 0.141 e. The molecule has 4 aromatic rings. The first-order chi connectivity index (χ1) is 10.3. The first kappa shape index (κ1) is 16.0. The molecular formula is C18H14FeN2O. The standard InChI is InChI=1S/C9H7NO.C9H7N.Fe/c11-8-5-1-3-7-4-2-6-10-9(7)8;1-2-6-9-8(4-1)5-3-7-10-9;/h1-6,11H;1-7H;. The maximum Gasteiger partial charge on any atom is 0.141 e.